The number of imidazole rings is 1. The van der Waals surface area contributed by atoms with E-state index in [0.717, 1.165) is 25.9 Å². The molecule has 0 aromatic carbocycles. The number of nitrogens with zero attached hydrogens (tertiary/aromatic N) is 4. The molecule has 22 heavy (non-hydrogen) atoms. The molecule has 2 bridgehead atoms. The van der Waals surface area contributed by atoms with Gasteiger partial charge in [-0.1, -0.05) is 13.8 Å². The fourth-order valence-corrected chi connectivity index (χ4v) is 4.10. The summed E-state index contributed by atoms with van der Waals surface area (Å²) in [6.45, 7) is 5.14. The van der Waals surface area contributed by atoms with Crippen LogP contribution >= 0.6 is 0 Å². The summed E-state index contributed by atoms with van der Waals surface area (Å²) >= 11 is 0. The highest BCUT2D eigenvalue weighted by Gasteiger charge is 2.56. The normalized spacial score (nSPS) is 34.4. The first kappa shape index (κ1) is 13.9. The monoisotopic (exact) mass is 303 g/mol. The summed E-state index contributed by atoms with van der Waals surface area (Å²) in [5.74, 6) is 0.788. The van der Waals surface area contributed by atoms with Crippen LogP contribution in [0, 0.1) is 5.92 Å². The van der Waals surface area contributed by atoms with Gasteiger partial charge >= 0.3 is 0 Å². The number of aromatic nitrogens is 4. The van der Waals surface area contributed by atoms with Gasteiger partial charge in [-0.3, -0.25) is 4.57 Å². The summed E-state index contributed by atoms with van der Waals surface area (Å²) in [7, 11) is 0. The first-order chi connectivity index (χ1) is 10.7. The smallest absolute Gasteiger partial charge is 0.167 e. The third-order valence-corrected chi connectivity index (χ3v) is 5.24. The lowest BCUT2D eigenvalue weighted by Crippen LogP contribution is -2.43. The molecule has 0 saturated carbocycles. The van der Waals surface area contributed by atoms with Gasteiger partial charge in [0.05, 0.1) is 11.9 Å². The highest BCUT2D eigenvalue weighted by molar-refractivity contribution is 5.81. The van der Waals surface area contributed by atoms with Gasteiger partial charge in [0.1, 0.15) is 17.9 Å². The first-order valence-electron chi connectivity index (χ1n) is 7.92. The van der Waals surface area contributed by atoms with E-state index in [1.165, 1.54) is 6.33 Å². The molecule has 4 atom stereocenters. The van der Waals surface area contributed by atoms with E-state index in [-0.39, 0.29) is 17.9 Å². The number of hydrogen-bond donors (Lipinski definition) is 1. The lowest BCUT2D eigenvalue weighted by atomic mass is 9.78. The maximum absolute atomic E-state index is 6.51. The summed E-state index contributed by atoms with van der Waals surface area (Å²) in [4.78, 5) is 12.7. The SMILES string of the molecule is CCC1[C@@H]2OCC[C@]1(CC)O[C@H]2n1cnc2c(N)ncnc21. The highest BCUT2D eigenvalue weighted by Crippen LogP contribution is 2.51. The molecule has 0 aliphatic carbocycles. The van der Waals surface area contributed by atoms with Crippen molar-refractivity contribution >= 4 is 17.0 Å². The van der Waals surface area contributed by atoms with Crippen molar-refractivity contribution in [2.75, 3.05) is 12.3 Å². The maximum atomic E-state index is 6.51. The molecule has 118 valence electrons. The number of ether oxygens (including phenoxy) is 2. The second-order valence-electron chi connectivity index (χ2n) is 6.11. The van der Waals surface area contributed by atoms with Gasteiger partial charge in [0.2, 0.25) is 0 Å². The molecule has 7 nitrogen and oxygen atoms in total. The lowest BCUT2D eigenvalue weighted by molar-refractivity contribution is -0.0901. The van der Waals surface area contributed by atoms with Crippen molar-refractivity contribution in [1.29, 1.82) is 0 Å². The van der Waals surface area contributed by atoms with Gasteiger partial charge in [0, 0.05) is 18.9 Å². The molecule has 2 aliphatic rings. The largest absolute Gasteiger partial charge is 0.382 e. The van der Waals surface area contributed by atoms with Crippen molar-refractivity contribution in [2.24, 2.45) is 5.92 Å². The minimum absolute atomic E-state index is 0.0345. The Kier molecular flexibility index (Phi) is 3.09. The quantitative estimate of drug-likeness (QED) is 0.931. The summed E-state index contributed by atoms with van der Waals surface area (Å²) in [5, 5.41) is 0. The average Bonchev–Trinajstić information content (AvgIpc) is 3.03. The zero-order valence-electron chi connectivity index (χ0n) is 12.9. The van der Waals surface area contributed by atoms with Gasteiger partial charge in [-0.15, -0.1) is 0 Å². The number of nitrogens with two attached hydrogens (primary N) is 1. The predicted octanol–water partition coefficient (Wildman–Crippen LogP) is 1.90. The number of hydrogen-bond acceptors (Lipinski definition) is 6. The van der Waals surface area contributed by atoms with E-state index in [0.29, 0.717) is 22.9 Å². The van der Waals surface area contributed by atoms with Crippen LogP contribution in [-0.4, -0.2) is 37.8 Å². The zero-order chi connectivity index (χ0) is 15.3. The molecule has 2 aromatic rings. The summed E-state index contributed by atoms with van der Waals surface area (Å²) in [6.07, 6.45) is 6.01. The van der Waals surface area contributed by atoms with Crippen molar-refractivity contribution < 1.29 is 9.47 Å². The molecule has 4 rings (SSSR count). The van der Waals surface area contributed by atoms with Crippen LogP contribution in [0.4, 0.5) is 5.82 Å². The van der Waals surface area contributed by atoms with Crippen LogP contribution in [0.5, 0.6) is 0 Å². The molecular formula is C15H21N5O2. The maximum Gasteiger partial charge on any atom is 0.167 e. The molecule has 0 amide bonds. The predicted molar refractivity (Wildman–Crippen MR) is 81.0 cm³/mol. The van der Waals surface area contributed by atoms with E-state index >= 15 is 0 Å². The summed E-state index contributed by atoms with van der Waals surface area (Å²) < 4.78 is 14.5. The van der Waals surface area contributed by atoms with Crippen LogP contribution in [0.15, 0.2) is 12.7 Å². The van der Waals surface area contributed by atoms with E-state index in [2.05, 4.69) is 28.8 Å². The molecule has 2 aromatic heterocycles. The van der Waals surface area contributed by atoms with Gasteiger partial charge in [-0.2, -0.15) is 0 Å². The summed E-state index contributed by atoms with van der Waals surface area (Å²) in [5.41, 5.74) is 7.10. The lowest BCUT2D eigenvalue weighted by Gasteiger charge is -2.37. The third kappa shape index (κ3) is 1.72. The molecule has 2 saturated heterocycles. The van der Waals surface area contributed by atoms with Crippen molar-refractivity contribution in [3.05, 3.63) is 12.7 Å². The van der Waals surface area contributed by atoms with Gasteiger partial charge in [-0.25, -0.2) is 15.0 Å². The Hall–Kier alpha value is -1.73. The third-order valence-electron chi connectivity index (χ3n) is 5.24. The van der Waals surface area contributed by atoms with Crippen LogP contribution in [0.25, 0.3) is 11.2 Å². The van der Waals surface area contributed by atoms with E-state index in [1.54, 1.807) is 6.33 Å². The van der Waals surface area contributed by atoms with E-state index in [1.807, 2.05) is 4.57 Å². The van der Waals surface area contributed by atoms with Crippen LogP contribution < -0.4 is 5.73 Å². The van der Waals surface area contributed by atoms with Crippen LogP contribution in [0.3, 0.4) is 0 Å². The van der Waals surface area contributed by atoms with Gasteiger partial charge in [0.25, 0.3) is 0 Å². The second-order valence-corrected chi connectivity index (χ2v) is 6.11. The standard InChI is InChI=1S/C15H21N5O2/c1-3-9-11-14(22-15(9,4-2)5-6-21-11)20-8-19-10-12(16)17-7-18-13(10)20/h7-9,11,14H,3-6H2,1-2H3,(H2,16,17,18)/t9?,11-,14+,15-/m0/s1. The number of fused-ring (bicyclic) bond motifs is 3. The fraction of sp³-hybridized carbons (Fsp3) is 0.667. The van der Waals surface area contributed by atoms with E-state index in [9.17, 15) is 0 Å². The number of rotatable bonds is 3. The summed E-state index contributed by atoms with van der Waals surface area (Å²) in [6, 6.07) is 0. The molecule has 0 radical (unpaired) electrons. The van der Waals surface area contributed by atoms with E-state index in [4.69, 9.17) is 15.2 Å². The average molecular weight is 303 g/mol. The highest BCUT2D eigenvalue weighted by atomic mass is 16.6. The molecule has 4 heterocycles. The Morgan fingerprint density at radius 3 is 2.95 bits per heavy atom. The second kappa shape index (κ2) is 4.89. The fourth-order valence-electron chi connectivity index (χ4n) is 4.10. The first-order valence-corrected chi connectivity index (χ1v) is 7.92. The van der Waals surface area contributed by atoms with Gasteiger partial charge in [-0.05, 0) is 12.8 Å². The van der Waals surface area contributed by atoms with Crippen molar-refractivity contribution in [3.63, 3.8) is 0 Å². The zero-order valence-corrected chi connectivity index (χ0v) is 12.9. The Morgan fingerprint density at radius 1 is 1.36 bits per heavy atom. The van der Waals surface area contributed by atoms with Gasteiger partial charge in [0.15, 0.2) is 17.7 Å². The van der Waals surface area contributed by atoms with E-state index < -0.39 is 0 Å². The molecule has 1 unspecified atom stereocenters. The Morgan fingerprint density at radius 2 is 2.23 bits per heavy atom. The van der Waals surface area contributed by atoms with Crippen LogP contribution in [0.1, 0.15) is 39.3 Å². The molecule has 2 N–H and O–H groups in total. The molecule has 7 heteroatoms. The Bertz CT molecular complexity index is 702. The molecule has 2 fully saturated rings. The minimum Gasteiger partial charge on any atom is -0.382 e. The molecule has 2 aliphatic heterocycles. The van der Waals surface area contributed by atoms with Crippen molar-refractivity contribution in [3.8, 4) is 0 Å². The topological polar surface area (TPSA) is 88.1 Å². The van der Waals surface area contributed by atoms with Crippen LogP contribution in [0.2, 0.25) is 0 Å². The van der Waals surface area contributed by atoms with Gasteiger partial charge < -0.3 is 15.2 Å². The van der Waals surface area contributed by atoms with Crippen molar-refractivity contribution in [1.82, 2.24) is 19.5 Å². The number of nitrogen functional groups attached to an aromatic ring is 1. The molecule has 0 spiro atoms. The van der Waals surface area contributed by atoms with Crippen LogP contribution in [-0.2, 0) is 9.47 Å². The Balaban J connectivity index is 1.81. The minimum atomic E-state index is -0.202. The number of anilines is 1. The molecular weight excluding hydrogens is 282 g/mol. The van der Waals surface area contributed by atoms with Crippen molar-refractivity contribution in [2.45, 2.75) is 51.0 Å². The Labute approximate surface area is 128 Å².